The summed E-state index contributed by atoms with van der Waals surface area (Å²) >= 11 is 0. The van der Waals surface area contributed by atoms with Crippen molar-refractivity contribution in [1.82, 2.24) is 0 Å². The van der Waals surface area contributed by atoms with Gasteiger partial charge in [-0.2, -0.15) is 0 Å². The number of benzene rings is 2. The van der Waals surface area contributed by atoms with E-state index in [9.17, 15) is 4.39 Å². The van der Waals surface area contributed by atoms with Gasteiger partial charge in [0, 0.05) is 5.41 Å². The second-order valence-corrected chi connectivity index (χ2v) is 5.88. The highest BCUT2D eigenvalue weighted by Gasteiger charge is 2.43. The molecule has 0 bridgehead atoms. The number of hydrogen-bond donors (Lipinski definition) is 0. The SMILES string of the molecule is Fc1ccc2c(c1)C1(CCCCC1)c1ccccc1-2. The first kappa shape index (κ1) is 11.2. The Labute approximate surface area is 113 Å². The van der Waals surface area contributed by atoms with Gasteiger partial charge in [-0.15, -0.1) is 0 Å². The second-order valence-electron chi connectivity index (χ2n) is 5.88. The predicted molar refractivity (Wildman–Crippen MR) is 75.7 cm³/mol. The van der Waals surface area contributed by atoms with Crippen LogP contribution in [0, 0.1) is 5.82 Å². The maximum absolute atomic E-state index is 13.7. The van der Waals surface area contributed by atoms with Crippen molar-refractivity contribution >= 4 is 0 Å². The van der Waals surface area contributed by atoms with Crippen molar-refractivity contribution in [3.63, 3.8) is 0 Å². The first-order valence-corrected chi connectivity index (χ1v) is 7.21. The summed E-state index contributed by atoms with van der Waals surface area (Å²) in [6.45, 7) is 0. The molecule has 0 radical (unpaired) electrons. The van der Waals surface area contributed by atoms with Crippen LogP contribution in [0.4, 0.5) is 4.39 Å². The summed E-state index contributed by atoms with van der Waals surface area (Å²) in [6.07, 6.45) is 6.16. The van der Waals surface area contributed by atoms with Gasteiger partial charge in [0.2, 0.25) is 0 Å². The average molecular weight is 252 g/mol. The molecule has 0 aliphatic heterocycles. The van der Waals surface area contributed by atoms with Crippen LogP contribution in [0.5, 0.6) is 0 Å². The Hall–Kier alpha value is -1.63. The highest BCUT2D eigenvalue weighted by Crippen LogP contribution is 2.55. The maximum atomic E-state index is 13.7. The minimum atomic E-state index is -0.100. The summed E-state index contributed by atoms with van der Waals surface area (Å²) in [6, 6.07) is 14.0. The normalized spacial score (nSPS) is 19.2. The molecule has 2 aliphatic rings. The predicted octanol–water partition coefficient (Wildman–Crippen LogP) is 5.06. The lowest BCUT2D eigenvalue weighted by Crippen LogP contribution is -2.28. The van der Waals surface area contributed by atoms with Crippen LogP contribution < -0.4 is 0 Å². The van der Waals surface area contributed by atoms with E-state index in [1.54, 1.807) is 12.1 Å². The molecule has 2 aromatic carbocycles. The summed E-state index contributed by atoms with van der Waals surface area (Å²) < 4.78 is 13.7. The average Bonchev–Trinajstić information content (AvgIpc) is 2.71. The maximum Gasteiger partial charge on any atom is 0.123 e. The van der Waals surface area contributed by atoms with E-state index in [0.717, 1.165) is 0 Å². The molecule has 1 heteroatoms. The van der Waals surface area contributed by atoms with Gasteiger partial charge in [0.05, 0.1) is 0 Å². The van der Waals surface area contributed by atoms with Crippen molar-refractivity contribution < 1.29 is 4.39 Å². The van der Waals surface area contributed by atoms with Crippen LogP contribution in [0.1, 0.15) is 43.2 Å². The second kappa shape index (κ2) is 3.93. The molecule has 19 heavy (non-hydrogen) atoms. The highest BCUT2D eigenvalue weighted by molar-refractivity contribution is 5.81. The number of fused-ring (bicyclic) bond motifs is 5. The zero-order valence-electron chi connectivity index (χ0n) is 11.0. The molecule has 0 heterocycles. The van der Waals surface area contributed by atoms with Gasteiger partial charge >= 0.3 is 0 Å². The first-order valence-electron chi connectivity index (χ1n) is 7.21. The lowest BCUT2D eigenvalue weighted by molar-refractivity contribution is 0.352. The van der Waals surface area contributed by atoms with Crippen LogP contribution in [-0.2, 0) is 5.41 Å². The summed E-state index contributed by atoms with van der Waals surface area (Å²) in [7, 11) is 0. The van der Waals surface area contributed by atoms with Gasteiger partial charge in [0.15, 0.2) is 0 Å². The highest BCUT2D eigenvalue weighted by atomic mass is 19.1. The molecule has 0 amide bonds. The summed E-state index contributed by atoms with van der Waals surface area (Å²) in [4.78, 5) is 0. The topological polar surface area (TPSA) is 0 Å². The quantitative estimate of drug-likeness (QED) is 0.615. The fourth-order valence-electron chi connectivity index (χ4n) is 4.12. The van der Waals surface area contributed by atoms with Gasteiger partial charge in [0.1, 0.15) is 5.82 Å². The van der Waals surface area contributed by atoms with Crippen molar-refractivity contribution in [3.05, 3.63) is 59.4 Å². The molecular weight excluding hydrogens is 235 g/mol. The van der Waals surface area contributed by atoms with Crippen LogP contribution in [0.15, 0.2) is 42.5 Å². The monoisotopic (exact) mass is 252 g/mol. The van der Waals surface area contributed by atoms with E-state index in [4.69, 9.17) is 0 Å². The lowest BCUT2D eigenvalue weighted by Gasteiger charge is -2.35. The van der Waals surface area contributed by atoms with E-state index in [0.29, 0.717) is 0 Å². The fourth-order valence-corrected chi connectivity index (χ4v) is 4.12. The van der Waals surface area contributed by atoms with Crippen LogP contribution in [-0.4, -0.2) is 0 Å². The summed E-state index contributed by atoms with van der Waals surface area (Å²) in [5.74, 6) is -0.100. The van der Waals surface area contributed by atoms with E-state index in [1.165, 1.54) is 54.4 Å². The van der Waals surface area contributed by atoms with E-state index in [1.807, 2.05) is 6.07 Å². The third-order valence-electron chi connectivity index (χ3n) is 4.94. The van der Waals surface area contributed by atoms with Gasteiger partial charge in [-0.05, 0) is 47.2 Å². The number of hydrogen-bond acceptors (Lipinski definition) is 0. The fraction of sp³-hybridized carbons (Fsp3) is 0.333. The van der Waals surface area contributed by atoms with Gasteiger partial charge in [-0.25, -0.2) is 4.39 Å². The molecule has 0 aromatic heterocycles. The van der Waals surface area contributed by atoms with Crippen molar-refractivity contribution in [2.75, 3.05) is 0 Å². The van der Waals surface area contributed by atoms with Crippen LogP contribution in [0.3, 0.4) is 0 Å². The zero-order chi connectivity index (χ0) is 12.9. The molecule has 4 rings (SSSR count). The Kier molecular flexibility index (Phi) is 2.32. The standard InChI is InChI=1S/C18H17F/c19-13-8-9-15-14-6-2-3-7-16(14)18(17(15)12-13)10-4-1-5-11-18/h2-3,6-9,12H,1,4-5,10-11H2. The molecule has 0 N–H and O–H groups in total. The number of rotatable bonds is 0. The first-order chi connectivity index (χ1) is 9.31. The Balaban J connectivity index is 2.03. The molecule has 96 valence electrons. The van der Waals surface area contributed by atoms with Gasteiger partial charge in [0.25, 0.3) is 0 Å². The smallest absolute Gasteiger partial charge is 0.123 e. The molecule has 0 unspecified atom stereocenters. The van der Waals surface area contributed by atoms with E-state index < -0.39 is 0 Å². The minimum Gasteiger partial charge on any atom is -0.207 e. The molecule has 0 saturated heterocycles. The molecule has 0 nitrogen and oxygen atoms in total. The Morgan fingerprint density at radius 1 is 0.789 bits per heavy atom. The largest absolute Gasteiger partial charge is 0.207 e. The number of halogens is 1. The molecular formula is C18H17F. The van der Waals surface area contributed by atoms with Crippen molar-refractivity contribution in [2.24, 2.45) is 0 Å². The van der Waals surface area contributed by atoms with Crippen LogP contribution >= 0.6 is 0 Å². The molecule has 1 spiro atoms. The molecule has 2 aliphatic carbocycles. The third kappa shape index (κ3) is 1.44. The van der Waals surface area contributed by atoms with Gasteiger partial charge < -0.3 is 0 Å². The minimum absolute atomic E-state index is 0.0896. The van der Waals surface area contributed by atoms with E-state index in [2.05, 4.69) is 24.3 Å². The summed E-state index contributed by atoms with van der Waals surface area (Å²) in [5, 5.41) is 0. The third-order valence-corrected chi connectivity index (χ3v) is 4.94. The molecule has 1 saturated carbocycles. The van der Waals surface area contributed by atoms with Crippen molar-refractivity contribution in [3.8, 4) is 11.1 Å². The Bertz CT molecular complexity index is 636. The van der Waals surface area contributed by atoms with Crippen molar-refractivity contribution in [1.29, 1.82) is 0 Å². The van der Waals surface area contributed by atoms with Crippen LogP contribution in [0.2, 0.25) is 0 Å². The lowest BCUT2D eigenvalue weighted by atomic mass is 9.68. The molecule has 0 atom stereocenters. The molecule has 2 aromatic rings. The van der Waals surface area contributed by atoms with Gasteiger partial charge in [-0.1, -0.05) is 49.6 Å². The van der Waals surface area contributed by atoms with Crippen molar-refractivity contribution in [2.45, 2.75) is 37.5 Å². The van der Waals surface area contributed by atoms with Crippen LogP contribution in [0.25, 0.3) is 11.1 Å². The summed E-state index contributed by atoms with van der Waals surface area (Å²) in [5.41, 5.74) is 5.31. The Morgan fingerprint density at radius 3 is 2.37 bits per heavy atom. The van der Waals surface area contributed by atoms with E-state index >= 15 is 0 Å². The van der Waals surface area contributed by atoms with Gasteiger partial charge in [-0.3, -0.25) is 0 Å². The molecule has 1 fully saturated rings. The van der Waals surface area contributed by atoms with E-state index in [-0.39, 0.29) is 11.2 Å². The zero-order valence-corrected chi connectivity index (χ0v) is 11.0. The Morgan fingerprint density at radius 2 is 1.53 bits per heavy atom.